The van der Waals surface area contributed by atoms with Crippen LogP contribution in [-0.2, 0) is 31.6 Å². The molecule has 0 aliphatic rings. The van der Waals surface area contributed by atoms with Crippen molar-refractivity contribution in [3.05, 3.63) is 60.7 Å². The first-order valence-electron chi connectivity index (χ1n) is 11.8. The van der Waals surface area contributed by atoms with Crippen molar-refractivity contribution in [3.8, 4) is 11.6 Å². The van der Waals surface area contributed by atoms with Gasteiger partial charge in [-0.1, -0.05) is 18.2 Å². The molecular formula is C26H20N2Na2O9S2. The normalized spacial score (nSPS) is 11.9. The molecular weight excluding hydrogens is 594 g/mol. The number of rotatable bonds is 9. The summed E-state index contributed by atoms with van der Waals surface area (Å²) in [6, 6.07) is 15.4. The summed E-state index contributed by atoms with van der Waals surface area (Å²) in [5.74, 6) is -1.10. The number of aromatic nitrogens is 2. The molecule has 0 unspecified atom stereocenters. The van der Waals surface area contributed by atoms with Crippen LogP contribution in [-0.4, -0.2) is 36.9 Å². The van der Waals surface area contributed by atoms with E-state index in [1.807, 2.05) is 34.9 Å². The molecule has 11 nitrogen and oxygen atoms in total. The van der Waals surface area contributed by atoms with E-state index in [1.54, 1.807) is 6.07 Å². The van der Waals surface area contributed by atoms with Crippen molar-refractivity contribution in [2.75, 3.05) is 0 Å². The molecule has 41 heavy (non-hydrogen) atoms. The zero-order chi connectivity index (χ0) is 27.9. The minimum Gasteiger partial charge on any atom is -0.744 e. The Balaban J connectivity index is 0.00000231. The van der Waals surface area contributed by atoms with Gasteiger partial charge in [-0.2, -0.15) is 4.57 Å². The van der Waals surface area contributed by atoms with E-state index in [2.05, 4.69) is 4.98 Å². The third-order valence-corrected chi connectivity index (χ3v) is 8.07. The van der Waals surface area contributed by atoms with Crippen LogP contribution in [0, 0.1) is 0 Å². The standard InChI is InChI=1S/C26H22N2O9S2.2Na/c29-23(30)8-2-1-5-13-28-20-7-4-3-6-16(20)9-12-21(28)26-27-24-19-11-10-18(38(31,32)33)14-17(19)15-22(25(24)37-26)39(34,35)36;;/h3-4,6-7,9-12,14-15H,1-2,5,8,13H2,(H2-,29,30,31,32,33,34,35,36);;/q;2*+1/p-2. The molecule has 0 aliphatic carbocycles. The van der Waals surface area contributed by atoms with Gasteiger partial charge in [-0.05, 0) is 55.0 Å². The number of nitrogens with zero attached hydrogens (tertiary/aromatic N) is 2. The SMILES string of the molecule is O=C([O-])CCCCC[n+]1c(-c2nc3c(o2)c(S(=O)(=O)[O-])cc2cc(S(=O)(=O)[O-])ccc23)ccc2ccccc21.[Na+].[Na+]. The first-order chi connectivity index (χ1) is 18.4. The second-order valence-electron chi connectivity index (χ2n) is 8.97. The molecule has 0 amide bonds. The van der Waals surface area contributed by atoms with Gasteiger partial charge >= 0.3 is 59.1 Å². The Morgan fingerprint density at radius 1 is 0.854 bits per heavy atom. The van der Waals surface area contributed by atoms with Crippen LogP contribution in [0.5, 0.6) is 0 Å². The van der Waals surface area contributed by atoms with Crippen LogP contribution in [0.4, 0.5) is 0 Å². The molecule has 0 bridgehead atoms. The summed E-state index contributed by atoms with van der Waals surface area (Å²) in [5.41, 5.74) is 1.02. The summed E-state index contributed by atoms with van der Waals surface area (Å²) in [6.45, 7) is 0.459. The molecule has 0 saturated carbocycles. The maximum absolute atomic E-state index is 12.1. The topological polar surface area (TPSA) is 184 Å². The van der Waals surface area contributed by atoms with Gasteiger partial charge in [-0.15, -0.1) is 0 Å². The molecule has 2 heterocycles. The summed E-state index contributed by atoms with van der Waals surface area (Å²) in [6.07, 6.45) is 1.64. The number of hydrogen-bond donors (Lipinski definition) is 0. The Morgan fingerprint density at radius 3 is 2.27 bits per heavy atom. The predicted molar refractivity (Wildman–Crippen MR) is 134 cm³/mol. The average molecular weight is 615 g/mol. The van der Waals surface area contributed by atoms with Gasteiger partial charge in [-0.3, -0.25) is 0 Å². The van der Waals surface area contributed by atoms with Gasteiger partial charge in [0.15, 0.2) is 5.58 Å². The number of aryl methyl sites for hydroxylation is 1. The van der Waals surface area contributed by atoms with Crippen molar-refractivity contribution < 1.29 is 104 Å². The van der Waals surface area contributed by atoms with Crippen molar-refractivity contribution in [3.63, 3.8) is 0 Å². The van der Waals surface area contributed by atoms with Gasteiger partial charge in [0.25, 0.3) is 11.6 Å². The minimum atomic E-state index is -5.08. The van der Waals surface area contributed by atoms with Crippen LogP contribution in [0.2, 0.25) is 0 Å². The maximum Gasteiger partial charge on any atom is 1.00 e. The van der Waals surface area contributed by atoms with Gasteiger partial charge in [0.2, 0.25) is 5.52 Å². The number of para-hydroxylation sites is 1. The zero-order valence-corrected chi connectivity index (χ0v) is 27.8. The fourth-order valence-corrected chi connectivity index (χ4v) is 5.75. The Labute approximate surface area is 279 Å². The fourth-order valence-electron chi connectivity index (χ4n) is 4.61. The Kier molecular flexibility index (Phi) is 10.8. The molecule has 0 N–H and O–H groups in total. The van der Waals surface area contributed by atoms with Gasteiger partial charge in [0.1, 0.15) is 32.3 Å². The quantitative estimate of drug-likeness (QED) is 0.0691. The monoisotopic (exact) mass is 614 g/mol. The van der Waals surface area contributed by atoms with E-state index < -0.39 is 36.0 Å². The summed E-state index contributed by atoms with van der Waals surface area (Å²) < 4.78 is 78.7. The number of aliphatic carboxylic acids is 1. The fraction of sp³-hybridized carbons (Fsp3) is 0.192. The van der Waals surface area contributed by atoms with Gasteiger partial charge < -0.3 is 23.4 Å². The van der Waals surface area contributed by atoms with Gasteiger partial charge in [0, 0.05) is 35.3 Å². The number of hydrogen-bond acceptors (Lipinski definition) is 10. The third-order valence-electron chi connectivity index (χ3n) is 6.39. The predicted octanol–water partition coefficient (Wildman–Crippen LogP) is -3.78. The number of carboxylic acid groups (broad SMARTS) is 1. The number of unbranched alkanes of at least 4 members (excludes halogenated alkanes) is 2. The van der Waals surface area contributed by atoms with E-state index in [0.29, 0.717) is 31.5 Å². The minimum absolute atomic E-state index is 0. The summed E-state index contributed by atoms with van der Waals surface area (Å²) in [4.78, 5) is 13.9. The van der Waals surface area contributed by atoms with Crippen LogP contribution in [0.1, 0.15) is 25.7 Å². The van der Waals surface area contributed by atoms with E-state index in [9.17, 15) is 35.8 Å². The number of pyridine rings is 1. The number of fused-ring (bicyclic) bond motifs is 4. The Bertz CT molecular complexity index is 1990. The van der Waals surface area contributed by atoms with E-state index in [4.69, 9.17) is 4.42 Å². The van der Waals surface area contributed by atoms with Crippen molar-refractivity contribution in [1.82, 2.24) is 4.98 Å². The van der Waals surface area contributed by atoms with Crippen LogP contribution >= 0.6 is 0 Å². The summed E-state index contributed by atoms with van der Waals surface area (Å²) in [5, 5.41) is 12.0. The number of carboxylic acids is 1. The van der Waals surface area contributed by atoms with Crippen molar-refractivity contribution in [2.45, 2.75) is 42.0 Å². The first-order valence-corrected chi connectivity index (χ1v) is 14.7. The molecule has 15 heteroatoms. The van der Waals surface area contributed by atoms with Gasteiger partial charge in [-0.25, -0.2) is 21.8 Å². The number of oxazole rings is 1. The molecule has 2 aromatic heterocycles. The summed E-state index contributed by atoms with van der Waals surface area (Å²) in [7, 11) is -9.92. The van der Waals surface area contributed by atoms with Crippen molar-refractivity contribution >= 4 is 59.0 Å². The molecule has 202 valence electrons. The largest absolute Gasteiger partial charge is 1.00 e. The smallest absolute Gasteiger partial charge is 0.744 e. The maximum atomic E-state index is 12.1. The van der Waals surface area contributed by atoms with Crippen molar-refractivity contribution in [2.24, 2.45) is 0 Å². The molecule has 5 aromatic rings. The molecule has 0 atom stereocenters. The van der Waals surface area contributed by atoms with E-state index in [0.717, 1.165) is 29.1 Å². The van der Waals surface area contributed by atoms with Crippen LogP contribution < -0.4 is 68.8 Å². The molecule has 0 spiro atoms. The van der Waals surface area contributed by atoms with Gasteiger partial charge in [0.05, 0.1) is 9.79 Å². The van der Waals surface area contributed by atoms with Crippen molar-refractivity contribution in [1.29, 1.82) is 0 Å². The number of carbonyl (C=O) groups is 1. The first kappa shape index (κ1) is 33.6. The summed E-state index contributed by atoms with van der Waals surface area (Å²) >= 11 is 0. The van der Waals surface area contributed by atoms with E-state index in [-0.39, 0.29) is 93.3 Å². The Hall–Kier alpha value is -1.91. The molecule has 3 aromatic carbocycles. The van der Waals surface area contributed by atoms with Crippen LogP contribution in [0.3, 0.4) is 0 Å². The molecule has 0 saturated heterocycles. The second-order valence-corrected chi connectivity index (χ2v) is 11.7. The van der Waals surface area contributed by atoms with E-state index >= 15 is 0 Å². The molecule has 0 aliphatic heterocycles. The zero-order valence-electron chi connectivity index (χ0n) is 22.2. The number of benzene rings is 3. The molecule has 0 fully saturated rings. The average Bonchev–Trinajstić information content (AvgIpc) is 3.31. The molecule has 0 radical (unpaired) electrons. The van der Waals surface area contributed by atoms with Crippen LogP contribution in [0.15, 0.2) is 74.9 Å². The second kappa shape index (κ2) is 13.2. The van der Waals surface area contributed by atoms with E-state index in [1.165, 1.54) is 6.07 Å². The van der Waals surface area contributed by atoms with Crippen LogP contribution in [0.25, 0.3) is 44.4 Å². The number of carbonyl (C=O) groups excluding carboxylic acids is 1. The molecule has 5 rings (SSSR count). The Morgan fingerprint density at radius 2 is 1.59 bits per heavy atom. The third kappa shape index (κ3) is 7.19.